The third kappa shape index (κ3) is 2.59. The van der Waals surface area contributed by atoms with Crippen LogP contribution in [0.25, 0.3) is 0 Å². The summed E-state index contributed by atoms with van der Waals surface area (Å²) in [5.74, 6) is 1.33. The minimum atomic E-state index is 0.235. The molecule has 1 unspecified atom stereocenters. The maximum absolute atomic E-state index is 5.79. The van der Waals surface area contributed by atoms with E-state index < -0.39 is 0 Å². The van der Waals surface area contributed by atoms with Crippen LogP contribution < -0.4 is 11.1 Å². The summed E-state index contributed by atoms with van der Waals surface area (Å²) >= 11 is 0. The molecule has 1 atom stereocenters. The first-order valence-corrected chi connectivity index (χ1v) is 6.11. The van der Waals surface area contributed by atoms with E-state index in [0.717, 1.165) is 17.8 Å². The van der Waals surface area contributed by atoms with Crippen molar-refractivity contribution in [2.75, 3.05) is 11.1 Å². The Bertz CT molecular complexity index is 510. The van der Waals surface area contributed by atoms with Crippen molar-refractivity contribution >= 4 is 11.6 Å². The summed E-state index contributed by atoms with van der Waals surface area (Å²) < 4.78 is 0. The van der Waals surface area contributed by atoms with E-state index >= 15 is 0 Å². The van der Waals surface area contributed by atoms with E-state index in [1.807, 2.05) is 25.1 Å². The second kappa shape index (κ2) is 5.49. The van der Waals surface area contributed by atoms with Crippen LogP contribution in [0.1, 0.15) is 30.5 Å². The standard InChI is InChI=1S/C14H18N4/c1-3-12(11-7-5-4-6-8-11)18-14-10(2)13(15)16-9-17-14/h4-9,12H,3H2,1-2H3,(H3,15,16,17,18). The van der Waals surface area contributed by atoms with Gasteiger partial charge in [0.2, 0.25) is 0 Å². The molecule has 0 bridgehead atoms. The van der Waals surface area contributed by atoms with Gasteiger partial charge in [-0.15, -0.1) is 0 Å². The number of rotatable bonds is 4. The average Bonchev–Trinajstić information content (AvgIpc) is 2.41. The van der Waals surface area contributed by atoms with Gasteiger partial charge in [0, 0.05) is 5.56 Å². The van der Waals surface area contributed by atoms with E-state index in [1.54, 1.807) is 0 Å². The summed E-state index contributed by atoms with van der Waals surface area (Å²) in [5, 5.41) is 3.42. The molecule has 2 aromatic rings. The van der Waals surface area contributed by atoms with Crippen molar-refractivity contribution in [2.24, 2.45) is 0 Å². The van der Waals surface area contributed by atoms with E-state index in [1.165, 1.54) is 11.9 Å². The Morgan fingerprint density at radius 2 is 1.94 bits per heavy atom. The van der Waals surface area contributed by atoms with Crippen LogP contribution in [0.15, 0.2) is 36.7 Å². The van der Waals surface area contributed by atoms with E-state index in [4.69, 9.17) is 5.73 Å². The van der Waals surface area contributed by atoms with Crippen molar-refractivity contribution in [3.8, 4) is 0 Å². The monoisotopic (exact) mass is 242 g/mol. The molecule has 94 valence electrons. The maximum atomic E-state index is 5.79. The zero-order chi connectivity index (χ0) is 13.0. The van der Waals surface area contributed by atoms with Crippen LogP contribution in [-0.2, 0) is 0 Å². The van der Waals surface area contributed by atoms with Crippen LogP contribution in [0.4, 0.5) is 11.6 Å². The molecule has 1 aromatic carbocycles. The summed E-state index contributed by atoms with van der Waals surface area (Å²) in [7, 11) is 0. The molecule has 0 saturated heterocycles. The van der Waals surface area contributed by atoms with Crippen molar-refractivity contribution in [1.82, 2.24) is 9.97 Å². The fraction of sp³-hybridized carbons (Fsp3) is 0.286. The molecule has 4 nitrogen and oxygen atoms in total. The van der Waals surface area contributed by atoms with Gasteiger partial charge in [-0.25, -0.2) is 9.97 Å². The largest absolute Gasteiger partial charge is 0.383 e. The Hall–Kier alpha value is -2.10. The van der Waals surface area contributed by atoms with Gasteiger partial charge in [-0.05, 0) is 18.9 Å². The number of nitrogens with two attached hydrogens (primary N) is 1. The van der Waals surface area contributed by atoms with Crippen LogP contribution in [0.3, 0.4) is 0 Å². The predicted molar refractivity (Wildman–Crippen MR) is 74.3 cm³/mol. The van der Waals surface area contributed by atoms with E-state index in [0.29, 0.717) is 5.82 Å². The van der Waals surface area contributed by atoms with Gasteiger partial charge in [0.25, 0.3) is 0 Å². The molecule has 2 rings (SSSR count). The third-order valence-electron chi connectivity index (χ3n) is 3.04. The highest BCUT2D eigenvalue weighted by atomic mass is 15.1. The number of nitrogens with zero attached hydrogens (tertiary/aromatic N) is 2. The Morgan fingerprint density at radius 3 is 2.61 bits per heavy atom. The fourth-order valence-electron chi connectivity index (χ4n) is 1.88. The smallest absolute Gasteiger partial charge is 0.134 e. The summed E-state index contributed by atoms with van der Waals surface area (Å²) in [6.07, 6.45) is 2.47. The number of nitrogen functional groups attached to an aromatic ring is 1. The molecule has 0 saturated carbocycles. The van der Waals surface area contributed by atoms with Gasteiger partial charge in [0.05, 0.1) is 6.04 Å². The molecule has 0 amide bonds. The van der Waals surface area contributed by atoms with Crippen molar-refractivity contribution < 1.29 is 0 Å². The lowest BCUT2D eigenvalue weighted by Gasteiger charge is -2.19. The SMILES string of the molecule is CCC(Nc1ncnc(N)c1C)c1ccccc1. The van der Waals surface area contributed by atoms with Gasteiger partial charge >= 0.3 is 0 Å². The molecule has 0 aliphatic rings. The molecule has 1 aromatic heterocycles. The van der Waals surface area contributed by atoms with Crippen LogP contribution in [0.2, 0.25) is 0 Å². The van der Waals surface area contributed by atoms with Gasteiger partial charge < -0.3 is 11.1 Å². The lowest BCUT2D eigenvalue weighted by atomic mass is 10.0. The molecule has 4 heteroatoms. The van der Waals surface area contributed by atoms with Crippen molar-refractivity contribution in [1.29, 1.82) is 0 Å². The van der Waals surface area contributed by atoms with Gasteiger partial charge in [-0.2, -0.15) is 0 Å². The van der Waals surface area contributed by atoms with Crippen LogP contribution in [0, 0.1) is 6.92 Å². The number of benzene rings is 1. The molecule has 18 heavy (non-hydrogen) atoms. The Morgan fingerprint density at radius 1 is 1.22 bits per heavy atom. The highest BCUT2D eigenvalue weighted by molar-refractivity contribution is 5.54. The molecular weight excluding hydrogens is 224 g/mol. The minimum absolute atomic E-state index is 0.235. The zero-order valence-electron chi connectivity index (χ0n) is 10.7. The highest BCUT2D eigenvalue weighted by Crippen LogP contribution is 2.24. The van der Waals surface area contributed by atoms with Gasteiger partial charge in [-0.3, -0.25) is 0 Å². The Labute approximate surface area is 107 Å². The normalized spacial score (nSPS) is 12.1. The zero-order valence-corrected chi connectivity index (χ0v) is 10.7. The van der Waals surface area contributed by atoms with E-state index in [-0.39, 0.29) is 6.04 Å². The lowest BCUT2D eigenvalue weighted by molar-refractivity contribution is 0.742. The molecule has 0 spiro atoms. The molecule has 0 radical (unpaired) electrons. The molecule has 0 aliphatic heterocycles. The summed E-state index contributed by atoms with van der Waals surface area (Å²) in [4.78, 5) is 8.22. The lowest BCUT2D eigenvalue weighted by Crippen LogP contribution is -2.12. The number of nitrogens with one attached hydrogen (secondary N) is 1. The number of aromatic nitrogens is 2. The number of hydrogen-bond donors (Lipinski definition) is 2. The first kappa shape index (κ1) is 12.4. The Balaban J connectivity index is 2.24. The van der Waals surface area contributed by atoms with Crippen molar-refractivity contribution in [3.63, 3.8) is 0 Å². The van der Waals surface area contributed by atoms with Gasteiger partial charge in [0.1, 0.15) is 18.0 Å². The molecular formula is C14H18N4. The number of anilines is 2. The topological polar surface area (TPSA) is 63.8 Å². The molecule has 3 N–H and O–H groups in total. The quantitative estimate of drug-likeness (QED) is 0.865. The van der Waals surface area contributed by atoms with E-state index in [9.17, 15) is 0 Å². The second-order valence-electron chi connectivity index (χ2n) is 4.25. The second-order valence-corrected chi connectivity index (χ2v) is 4.25. The predicted octanol–water partition coefficient (Wildman–Crippen LogP) is 2.93. The first-order chi connectivity index (χ1) is 8.72. The first-order valence-electron chi connectivity index (χ1n) is 6.11. The van der Waals surface area contributed by atoms with Crippen LogP contribution in [0.5, 0.6) is 0 Å². The van der Waals surface area contributed by atoms with Crippen molar-refractivity contribution in [2.45, 2.75) is 26.3 Å². The van der Waals surface area contributed by atoms with Crippen LogP contribution >= 0.6 is 0 Å². The van der Waals surface area contributed by atoms with E-state index in [2.05, 4.69) is 34.3 Å². The number of hydrogen-bond acceptors (Lipinski definition) is 4. The minimum Gasteiger partial charge on any atom is -0.383 e. The molecule has 0 fully saturated rings. The van der Waals surface area contributed by atoms with Gasteiger partial charge in [-0.1, -0.05) is 37.3 Å². The summed E-state index contributed by atoms with van der Waals surface area (Å²) in [6.45, 7) is 4.07. The average molecular weight is 242 g/mol. The molecule has 0 aliphatic carbocycles. The highest BCUT2D eigenvalue weighted by Gasteiger charge is 2.11. The van der Waals surface area contributed by atoms with Crippen LogP contribution in [-0.4, -0.2) is 9.97 Å². The summed E-state index contributed by atoms with van der Waals surface area (Å²) in [5.41, 5.74) is 7.93. The Kier molecular flexibility index (Phi) is 3.77. The maximum Gasteiger partial charge on any atom is 0.134 e. The fourth-order valence-corrected chi connectivity index (χ4v) is 1.88. The summed E-state index contributed by atoms with van der Waals surface area (Å²) in [6, 6.07) is 10.6. The van der Waals surface area contributed by atoms with Crippen molar-refractivity contribution in [3.05, 3.63) is 47.8 Å². The van der Waals surface area contributed by atoms with Gasteiger partial charge in [0.15, 0.2) is 0 Å². The third-order valence-corrected chi connectivity index (χ3v) is 3.04. The molecule has 1 heterocycles.